The average Bonchev–Trinajstić information content (AvgIpc) is 3.35. The van der Waals surface area contributed by atoms with Gasteiger partial charge in [-0.25, -0.2) is 9.00 Å². The van der Waals surface area contributed by atoms with Gasteiger partial charge in [0, 0.05) is 44.5 Å². The van der Waals surface area contributed by atoms with E-state index in [0.717, 1.165) is 6.42 Å². The number of likely N-dealkylation sites (N-methyl/N-ethyl adjacent to an activating group) is 1. The van der Waals surface area contributed by atoms with Crippen molar-refractivity contribution in [3.05, 3.63) is 101 Å². The number of carbonyl (C=O) groups is 2. The molecule has 4 aromatic rings. The first kappa shape index (κ1) is 31.7. The van der Waals surface area contributed by atoms with Crippen molar-refractivity contribution in [1.82, 2.24) is 24.7 Å². The number of imidazole rings is 1. The number of benzene rings is 3. The minimum absolute atomic E-state index is 0.0768. The molecule has 1 aliphatic heterocycles. The van der Waals surface area contributed by atoms with E-state index in [2.05, 4.69) is 15.4 Å². The topological polar surface area (TPSA) is 127 Å². The first-order chi connectivity index (χ1) is 21.9. The number of nitrogens with zero attached hydrogens (tertiary/aromatic N) is 3. The van der Waals surface area contributed by atoms with Crippen molar-refractivity contribution >= 4 is 28.5 Å². The summed E-state index contributed by atoms with van der Waals surface area (Å²) in [6.07, 6.45) is 0.725. The van der Waals surface area contributed by atoms with E-state index in [9.17, 15) is 18.6 Å². The van der Waals surface area contributed by atoms with Crippen LogP contribution in [0.15, 0.2) is 83.7 Å². The zero-order valence-electron chi connectivity index (χ0n) is 25.5. The summed E-state index contributed by atoms with van der Waals surface area (Å²) in [7, 11) is 0.176. The van der Waals surface area contributed by atoms with Gasteiger partial charge in [-0.3, -0.25) is 18.7 Å². The van der Waals surface area contributed by atoms with Crippen LogP contribution in [0.25, 0.3) is 16.9 Å². The SMILES string of the molecule is CCCS(=O)Nc1ccccc1-n1c(-c2ccccc2)c(C(=O)N2CCNCC2)n(Cc2cccc(OCC(=O)NC)c2)c1=O. The molecule has 1 atom stereocenters. The molecule has 12 heteroatoms. The molecular formula is C33H38N6O5S. The van der Waals surface area contributed by atoms with Crippen LogP contribution in [0.2, 0.25) is 0 Å². The van der Waals surface area contributed by atoms with Crippen molar-refractivity contribution in [3.63, 3.8) is 0 Å². The van der Waals surface area contributed by atoms with Gasteiger partial charge in [0.05, 0.1) is 23.6 Å². The molecule has 45 heavy (non-hydrogen) atoms. The second kappa shape index (κ2) is 14.9. The number of hydrogen-bond acceptors (Lipinski definition) is 6. The standard InChI is InChI=1S/C33H38N6O5S/c1-3-20-45(43)36-27-14-7-8-15-28(27)39-30(25-11-5-4-6-12-25)31(32(41)37-18-16-35-17-19-37)38(33(39)42)22-24-10-9-13-26(21-24)44-23-29(40)34-2/h4-15,21,35-36H,3,16-20,22-23H2,1-2H3,(H,34,40). The van der Waals surface area contributed by atoms with Gasteiger partial charge in [0.1, 0.15) is 22.4 Å². The number of piperazine rings is 1. The van der Waals surface area contributed by atoms with Crippen LogP contribution in [0.5, 0.6) is 5.75 Å². The molecule has 1 unspecified atom stereocenters. The molecule has 0 radical (unpaired) electrons. The van der Waals surface area contributed by atoms with Gasteiger partial charge in [-0.1, -0.05) is 61.5 Å². The summed E-state index contributed by atoms with van der Waals surface area (Å²) in [6, 6.07) is 23.7. The van der Waals surface area contributed by atoms with E-state index >= 15 is 0 Å². The highest BCUT2D eigenvalue weighted by atomic mass is 32.2. The molecule has 1 fully saturated rings. The number of anilines is 1. The Morgan fingerprint density at radius 1 is 0.978 bits per heavy atom. The van der Waals surface area contributed by atoms with Gasteiger partial charge in [0.15, 0.2) is 6.61 Å². The van der Waals surface area contributed by atoms with E-state index < -0.39 is 16.7 Å². The van der Waals surface area contributed by atoms with Crippen molar-refractivity contribution in [1.29, 1.82) is 0 Å². The third-order valence-electron chi connectivity index (χ3n) is 7.44. The molecule has 2 amide bonds. The molecule has 1 saturated heterocycles. The quantitative estimate of drug-likeness (QED) is 0.221. The van der Waals surface area contributed by atoms with E-state index in [1.54, 1.807) is 39.8 Å². The van der Waals surface area contributed by atoms with Crippen LogP contribution >= 0.6 is 0 Å². The maximum Gasteiger partial charge on any atom is 0.334 e. The Kier molecular flexibility index (Phi) is 10.5. The Morgan fingerprint density at radius 2 is 1.71 bits per heavy atom. The van der Waals surface area contributed by atoms with Gasteiger partial charge in [0.25, 0.3) is 11.8 Å². The van der Waals surface area contributed by atoms with Crippen LogP contribution in [-0.2, 0) is 22.3 Å². The second-order valence-corrected chi connectivity index (χ2v) is 11.9. The largest absolute Gasteiger partial charge is 0.484 e. The number of ether oxygens (including phenoxy) is 1. The first-order valence-electron chi connectivity index (χ1n) is 15.0. The lowest BCUT2D eigenvalue weighted by Gasteiger charge is -2.28. The Bertz CT molecular complexity index is 1730. The molecule has 0 spiro atoms. The molecule has 11 nitrogen and oxygen atoms in total. The Balaban J connectivity index is 1.71. The Morgan fingerprint density at radius 3 is 2.44 bits per heavy atom. The number of carbonyl (C=O) groups excluding carboxylic acids is 2. The fraction of sp³-hybridized carbons (Fsp3) is 0.303. The first-order valence-corrected chi connectivity index (χ1v) is 16.3. The van der Waals surface area contributed by atoms with Gasteiger partial charge < -0.3 is 25.0 Å². The maximum atomic E-state index is 14.6. The zero-order chi connectivity index (χ0) is 31.8. The van der Waals surface area contributed by atoms with Gasteiger partial charge in [-0.2, -0.15) is 0 Å². The summed E-state index contributed by atoms with van der Waals surface area (Å²) in [5.74, 6) is 0.395. The van der Waals surface area contributed by atoms with Crippen LogP contribution in [0.1, 0.15) is 29.4 Å². The predicted molar refractivity (Wildman–Crippen MR) is 176 cm³/mol. The third kappa shape index (κ3) is 7.35. The van der Waals surface area contributed by atoms with Crippen molar-refractivity contribution in [2.75, 3.05) is 50.3 Å². The third-order valence-corrected chi connectivity index (χ3v) is 8.67. The summed E-state index contributed by atoms with van der Waals surface area (Å²) in [5, 5.41) is 5.81. The minimum Gasteiger partial charge on any atom is -0.484 e. The minimum atomic E-state index is -1.36. The summed E-state index contributed by atoms with van der Waals surface area (Å²) in [5.41, 5.74) is 2.71. The molecule has 5 rings (SSSR count). The summed E-state index contributed by atoms with van der Waals surface area (Å²) >= 11 is 0. The molecule has 0 saturated carbocycles. The number of hydrogen-bond donors (Lipinski definition) is 3. The molecule has 1 aliphatic rings. The monoisotopic (exact) mass is 630 g/mol. The summed E-state index contributed by atoms with van der Waals surface area (Å²) < 4.78 is 24.6. The summed E-state index contributed by atoms with van der Waals surface area (Å²) in [4.78, 5) is 42.6. The average molecular weight is 631 g/mol. The zero-order valence-corrected chi connectivity index (χ0v) is 26.3. The van der Waals surface area contributed by atoms with Crippen LogP contribution < -0.4 is 25.8 Å². The number of nitrogens with one attached hydrogen (secondary N) is 3. The predicted octanol–water partition coefficient (Wildman–Crippen LogP) is 3.01. The van der Waals surface area contributed by atoms with Gasteiger partial charge in [-0.15, -0.1) is 0 Å². The fourth-order valence-electron chi connectivity index (χ4n) is 5.26. The van der Waals surface area contributed by atoms with E-state index in [-0.39, 0.29) is 30.7 Å². The molecule has 0 bridgehead atoms. The Labute approximate surface area is 264 Å². The molecule has 3 N–H and O–H groups in total. The number of para-hydroxylation sites is 2. The smallest absolute Gasteiger partial charge is 0.334 e. The Hall–Kier alpha value is -4.68. The van der Waals surface area contributed by atoms with Crippen molar-refractivity contribution in [3.8, 4) is 22.7 Å². The van der Waals surface area contributed by atoms with Crippen LogP contribution in [0.3, 0.4) is 0 Å². The molecule has 1 aromatic heterocycles. The lowest BCUT2D eigenvalue weighted by Crippen LogP contribution is -2.47. The van der Waals surface area contributed by atoms with Crippen molar-refractivity contribution < 1.29 is 18.5 Å². The summed E-state index contributed by atoms with van der Waals surface area (Å²) in [6.45, 7) is 4.19. The lowest BCUT2D eigenvalue weighted by molar-refractivity contribution is -0.122. The van der Waals surface area contributed by atoms with Crippen LogP contribution in [0.4, 0.5) is 5.69 Å². The highest BCUT2D eigenvalue weighted by Crippen LogP contribution is 2.31. The van der Waals surface area contributed by atoms with Crippen LogP contribution in [0, 0.1) is 0 Å². The van der Waals surface area contributed by atoms with E-state index in [1.807, 2.05) is 55.5 Å². The number of rotatable bonds is 12. The molecule has 2 heterocycles. The maximum absolute atomic E-state index is 14.6. The van der Waals surface area contributed by atoms with E-state index in [1.165, 1.54) is 11.6 Å². The normalized spacial score (nSPS) is 13.7. The molecular weight excluding hydrogens is 592 g/mol. The van der Waals surface area contributed by atoms with E-state index in [0.29, 0.717) is 65.9 Å². The van der Waals surface area contributed by atoms with Gasteiger partial charge >= 0.3 is 5.69 Å². The van der Waals surface area contributed by atoms with Crippen molar-refractivity contribution in [2.45, 2.75) is 19.9 Å². The highest BCUT2D eigenvalue weighted by Gasteiger charge is 2.31. The highest BCUT2D eigenvalue weighted by molar-refractivity contribution is 7.86. The van der Waals surface area contributed by atoms with Crippen LogP contribution in [-0.4, -0.2) is 75.6 Å². The number of aromatic nitrogens is 2. The molecule has 0 aliphatic carbocycles. The van der Waals surface area contributed by atoms with E-state index in [4.69, 9.17) is 4.74 Å². The number of amides is 2. The fourth-order valence-corrected chi connectivity index (χ4v) is 6.15. The molecule has 236 valence electrons. The van der Waals surface area contributed by atoms with Gasteiger partial charge in [-0.05, 0) is 36.2 Å². The second-order valence-electron chi connectivity index (χ2n) is 10.6. The van der Waals surface area contributed by atoms with Gasteiger partial charge in [0.2, 0.25) is 0 Å². The van der Waals surface area contributed by atoms with Crippen molar-refractivity contribution in [2.24, 2.45) is 0 Å². The molecule has 3 aromatic carbocycles. The lowest BCUT2D eigenvalue weighted by atomic mass is 10.1.